The molecule has 0 amide bonds. The number of hydrogen-bond donors (Lipinski definition) is 1. The molecule has 0 aliphatic rings. The summed E-state index contributed by atoms with van der Waals surface area (Å²) in [5.74, 6) is -1.39. The summed E-state index contributed by atoms with van der Waals surface area (Å²) >= 11 is 3.30. The van der Waals surface area contributed by atoms with Gasteiger partial charge < -0.3 is 9.67 Å². The number of carbonyl (C=O) groups is 1. The van der Waals surface area contributed by atoms with Crippen LogP contribution in [0.25, 0.3) is 11.3 Å². The van der Waals surface area contributed by atoms with Crippen LogP contribution in [0.1, 0.15) is 30.4 Å². The van der Waals surface area contributed by atoms with Gasteiger partial charge in [0.15, 0.2) is 0 Å². The smallest absolute Gasteiger partial charge is 0.352 e. The molecule has 0 aliphatic heterocycles. The van der Waals surface area contributed by atoms with Crippen LogP contribution in [0, 0.1) is 5.82 Å². The van der Waals surface area contributed by atoms with E-state index in [1.807, 2.05) is 13.8 Å². The van der Waals surface area contributed by atoms with Crippen LogP contribution in [-0.4, -0.2) is 15.6 Å². The van der Waals surface area contributed by atoms with E-state index in [4.69, 9.17) is 0 Å². The van der Waals surface area contributed by atoms with E-state index in [2.05, 4.69) is 15.9 Å². The Hall–Kier alpha value is -1.62. The quantitative estimate of drug-likeness (QED) is 0.912. The van der Waals surface area contributed by atoms with Gasteiger partial charge in [-0.1, -0.05) is 15.9 Å². The van der Waals surface area contributed by atoms with Crippen LogP contribution in [0.4, 0.5) is 4.39 Å². The topological polar surface area (TPSA) is 42.2 Å². The second kappa shape index (κ2) is 5.17. The largest absolute Gasteiger partial charge is 0.477 e. The summed E-state index contributed by atoms with van der Waals surface area (Å²) in [4.78, 5) is 11.2. The second-order valence-corrected chi connectivity index (χ2v) is 5.41. The Morgan fingerprint density at radius 3 is 2.58 bits per heavy atom. The van der Waals surface area contributed by atoms with Crippen molar-refractivity contribution in [3.63, 3.8) is 0 Å². The number of carboxylic acid groups (broad SMARTS) is 1. The van der Waals surface area contributed by atoms with Gasteiger partial charge in [0.2, 0.25) is 0 Å². The summed E-state index contributed by atoms with van der Waals surface area (Å²) < 4.78 is 16.3. The Labute approximate surface area is 118 Å². The molecule has 0 fully saturated rings. The number of halogens is 2. The lowest BCUT2D eigenvalue weighted by Crippen LogP contribution is -2.12. The van der Waals surface area contributed by atoms with Crippen molar-refractivity contribution in [2.24, 2.45) is 0 Å². The molecule has 2 aromatic rings. The fourth-order valence-electron chi connectivity index (χ4n) is 2.09. The average molecular weight is 326 g/mol. The number of rotatable bonds is 3. The minimum absolute atomic E-state index is 0.0746. The zero-order valence-corrected chi connectivity index (χ0v) is 12.1. The van der Waals surface area contributed by atoms with Gasteiger partial charge in [0.05, 0.1) is 5.69 Å². The van der Waals surface area contributed by atoms with Crippen molar-refractivity contribution < 1.29 is 14.3 Å². The van der Waals surface area contributed by atoms with Crippen molar-refractivity contribution >= 4 is 21.9 Å². The summed E-state index contributed by atoms with van der Waals surface area (Å²) in [5.41, 5.74) is 1.10. The first-order chi connectivity index (χ1) is 8.91. The lowest BCUT2D eigenvalue weighted by Gasteiger charge is -2.16. The summed E-state index contributed by atoms with van der Waals surface area (Å²) in [7, 11) is 0. The molecular formula is C14H13BrFNO2. The van der Waals surface area contributed by atoms with Crippen LogP contribution in [0.3, 0.4) is 0 Å². The standard InChI is InChI=1S/C14H13BrFNO2/c1-8(2)17-12(5-6-13(17)14(18)19)10-7-9(15)3-4-11(10)16/h3-8H,1-2H3,(H,18,19). The van der Waals surface area contributed by atoms with Crippen LogP contribution < -0.4 is 0 Å². The third-order valence-corrected chi connectivity index (χ3v) is 3.35. The maximum atomic E-state index is 13.9. The molecule has 2 rings (SSSR count). The molecule has 0 spiro atoms. The van der Waals surface area contributed by atoms with Crippen LogP contribution in [0.2, 0.25) is 0 Å². The van der Waals surface area contributed by atoms with Crippen molar-refractivity contribution in [2.75, 3.05) is 0 Å². The molecule has 3 nitrogen and oxygen atoms in total. The third kappa shape index (κ3) is 2.56. The van der Waals surface area contributed by atoms with Gasteiger partial charge in [-0.2, -0.15) is 0 Å². The molecule has 1 N–H and O–H groups in total. The molecule has 1 aromatic carbocycles. The fourth-order valence-corrected chi connectivity index (χ4v) is 2.45. The van der Waals surface area contributed by atoms with Gasteiger partial charge in [-0.15, -0.1) is 0 Å². The highest BCUT2D eigenvalue weighted by Gasteiger charge is 2.19. The predicted molar refractivity (Wildman–Crippen MR) is 74.9 cm³/mol. The van der Waals surface area contributed by atoms with Gasteiger partial charge in [0.1, 0.15) is 11.5 Å². The monoisotopic (exact) mass is 325 g/mol. The van der Waals surface area contributed by atoms with E-state index in [-0.39, 0.29) is 17.6 Å². The van der Waals surface area contributed by atoms with E-state index < -0.39 is 5.97 Å². The Balaban J connectivity index is 2.69. The average Bonchev–Trinajstić information content (AvgIpc) is 2.76. The molecule has 0 saturated heterocycles. The first kappa shape index (κ1) is 13.8. The SMILES string of the molecule is CC(C)n1c(C(=O)O)ccc1-c1cc(Br)ccc1F. The van der Waals surface area contributed by atoms with Crippen molar-refractivity contribution in [3.8, 4) is 11.3 Å². The fraction of sp³-hybridized carbons (Fsp3) is 0.214. The number of carboxylic acids is 1. The summed E-state index contributed by atoms with van der Waals surface area (Å²) in [6.45, 7) is 3.73. The molecule has 0 atom stereocenters. The highest BCUT2D eigenvalue weighted by molar-refractivity contribution is 9.10. The molecule has 0 bridgehead atoms. The first-order valence-electron chi connectivity index (χ1n) is 5.81. The maximum absolute atomic E-state index is 13.9. The zero-order valence-electron chi connectivity index (χ0n) is 10.5. The molecule has 100 valence electrons. The number of aromatic nitrogens is 1. The highest BCUT2D eigenvalue weighted by Crippen LogP contribution is 2.30. The second-order valence-electron chi connectivity index (χ2n) is 4.50. The Kier molecular flexibility index (Phi) is 3.75. The molecule has 1 heterocycles. The van der Waals surface area contributed by atoms with Crippen molar-refractivity contribution in [1.29, 1.82) is 0 Å². The maximum Gasteiger partial charge on any atom is 0.352 e. The molecular weight excluding hydrogens is 313 g/mol. The minimum atomic E-state index is -1.02. The van der Waals surface area contributed by atoms with Crippen LogP contribution in [-0.2, 0) is 0 Å². The number of nitrogens with zero attached hydrogens (tertiary/aromatic N) is 1. The van der Waals surface area contributed by atoms with Crippen LogP contribution >= 0.6 is 15.9 Å². The van der Waals surface area contributed by atoms with Crippen molar-refractivity contribution in [2.45, 2.75) is 19.9 Å². The normalized spacial score (nSPS) is 11.0. The molecule has 19 heavy (non-hydrogen) atoms. The number of aromatic carboxylic acids is 1. The van der Waals surface area contributed by atoms with Gasteiger partial charge >= 0.3 is 5.97 Å². The first-order valence-corrected chi connectivity index (χ1v) is 6.61. The van der Waals surface area contributed by atoms with E-state index >= 15 is 0 Å². The molecule has 0 radical (unpaired) electrons. The molecule has 5 heteroatoms. The van der Waals surface area contributed by atoms with Gasteiger partial charge in [0.25, 0.3) is 0 Å². The summed E-state index contributed by atoms with van der Waals surface area (Å²) in [5, 5.41) is 9.17. The third-order valence-electron chi connectivity index (χ3n) is 2.86. The zero-order chi connectivity index (χ0) is 14.2. The van der Waals surface area contributed by atoms with E-state index in [0.29, 0.717) is 11.3 Å². The Bertz CT molecular complexity index is 634. The highest BCUT2D eigenvalue weighted by atomic mass is 79.9. The van der Waals surface area contributed by atoms with Gasteiger partial charge in [0, 0.05) is 16.1 Å². The lowest BCUT2D eigenvalue weighted by molar-refractivity contribution is 0.0683. The lowest BCUT2D eigenvalue weighted by atomic mass is 10.1. The minimum Gasteiger partial charge on any atom is -0.477 e. The van der Waals surface area contributed by atoms with E-state index in [0.717, 1.165) is 4.47 Å². The van der Waals surface area contributed by atoms with Gasteiger partial charge in [-0.05, 0) is 44.2 Å². The summed E-state index contributed by atoms with van der Waals surface area (Å²) in [6, 6.07) is 7.67. The van der Waals surface area contributed by atoms with Crippen LogP contribution in [0.5, 0.6) is 0 Å². The van der Waals surface area contributed by atoms with E-state index in [1.54, 1.807) is 22.8 Å². The number of benzene rings is 1. The molecule has 1 aromatic heterocycles. The summed E-state index contributed by atoms with van der Waals surface area (Å²) in [6.07, 6.45) is 0. The number of hydrogen-bond acceptors (Lipinski definition) is 1. The molecule has 0 aliphatic carbocycles. The van der Waals surface area contributed by atoms with Gasteiger partial charge in [-0.25, -0.2) is 9.18 Å². The Morgan fingerprint density at radius 1 is 1.32 bits per heavy atom. The van der Waals surface area contributed by atoms with Crippen molar-refractivity contribution in [1.82, 2.24) is 4.57 Å². The van der Waals surface area contributed by atoms with Crippen LogP contribution in [0.15, 0.2) is 34.8 Å². The van der Waals surface area contributed by atoms with Crippen molar-refractivity contribution in [3.05, 3.63) is 46.3 Å². The Morgan fingerprint density at radius 2 is 2.00 bits per heavy atom. The van der Waals surface area contributed by atoms with E-state index in [1.165, 1.54) is 12.1 Å². The van der Waals surface area contributed by atoms with Gasteiger partial charge in [-0.3, -0.25) is 0 Å². The van der Waals surface area contributed by atoms with E-state index in [9.17, 15) is 14.3 Å². The molecule has 0 unspecified atom stereocenters. The molecule has 0 saturated carbocycles. The predicted octanol–water partition coefficient (Wildman–Crippen LogP) is 4.34.